The van der Waals surface area contributed by atoms with Gasteiger partial charge in [0.25, 0.3) is 11.6 Å². The first-order valence-electron chi connectivity index (χ1n) is 8.34. The molecule has 1 aromatic heterocycles. The van der Waals surface area contributed by atoms with Crippen LogP contribution < -0.4 is 10.6 Å². The van der Waals surface area contributed by atoms with E-state index in [1.165, 1.54) is 23.5 Å². The van der Waals surface area contributed by atoms with E-state index in [1.54, 1.807) is 12.1 Å². The molecule has 0 aliphatic rings. The lowest BCUT2D eigenvalue weighted by molar-refractivity contribution is -0.384. The molecule has 138 valence electrons. The Morgan fingerprint density at radius 2 is 1.81 bits per heavy atom. The fourth-order valence-corrected chi connectivity index (χ4v) is 3.46. The Labute approximate surface area is 160 Å². The van der Waals surface area contributed by atoms with Crippen LogP contribution in [0.1, 0.15) is 15.4 Å². The number of nitrogens with one attached hydrogen (secondary N) is 2. The Balaban J connectivity index is 1.52. The number of non-ortho nitro benzene ring substituents is 1. The topological polar surface area (TPSA) is 97.2 Å². The van der Waals surface area contributed by atoms with Gasteiger partial charge in [-0.15, -0.1) is 11.3 Å². The quantitative estimate of drug-likeness (QED) is 0.367. The summed E-state index contributed by atoms with van der Waals surface area (Å²) >= 11 is 1.37. The van der Waals surface area contributed by atoms with Gasteiger partial charge in [0, 0.05) is 36.5 Å². The molecule has 1 amide bonds. The number of nitrogens with zero attached hydrogens (tertiary/aromatic N) is 2. The maximum atomic E-state index is 12.4. The largest absolute Gasteiger partial charge is 0.383 e. The third-order valence-electron chi connectivity index (χ3n) is 3.84. The Kier molecular flexibility index (Phi) is 5.77. The van der Waals surface area contributed by atoms with Crippen molar-refractivity contribution >= 4 is 28.6 Å². The van der Waals surface area contributed by atoms with Crippen LogP contribution in [0.25, 0.3) is 10.6 Å². The van der Waals surface area contributed by atoms with Crippen molar-refractivity contribution in [3.63, 3.8) is 0 Å². The minimum Gasteiger partial charge on any atom is -0.383 e. The van der Waals surface area contributed by atoms with Gasteiger partial charge in [-0.1, -0.05) is 30.3 Å². The third-order valence-corrected chi connectivity index (χ3v) is 5.05. The number of carbonyl (C=O) groups is 1. The van der Waals surface area contributed by atoms with E-state index in [4.69, 9.17) is 0 Å². The van der Waals surface area contributed by atoms with Crippen LogP contribution in [-0.2, 0) is 0 Å². The van der Waals surface area contributed by atoms with Crippen LogP contribution >= 0.6 is 11.3 Å². The molecule has 0 radical (unpaired) electrons. The molecule has 3 aromatic rings. The average Bonchev–Trinajstić information content (AvgIpc) is 3.08. The van der Waals surface area contributed by atoms with Crippen LogP contribution in [0, 0.1) is 17.0 Å². The molecule has 0 aliphatic carbocycles. The van der Waals surface area contributed by atoms with Crippen molar-refractivity contribution in [2.75, 3.05) is 18.4 Å². The molecule has 7 nitrogen and oxygen atoms in total. The molecular weight excluding hydrogens is 364 g/mol. The Morgan fingerprint density at radius 3 is 2.48 bits per heavy atom. The summed E-state index contributed by atoms with van der Waals surface area (Å²) in [6.45, 7) is 2.76. The highest BCUT2D eigenvalue weighted by molar-refractivity contribution is 7.17. The van der Waals surface area contributed by atoms with Crippen LogP contribution in [-0.4, -0.2) is 28.9 Å². The zero-order valence-corrected chi connectivity index (χ0v) is 15.5. The molecule has 3 rings (SSSR count). The predicted octanol–water partition coefficient (Wildman–Crippen LogP) is 3.87. The lowest BCUT2D eigenvalue weighted by Crippen LogP contribution is -2.28. The molecular formula is C19H18N4O3S. The fourth-order valence-electron chi connectivity index (χ4n) is 2.48. The van der Waals surface area contributed by atoms with E-state index in [2.05, 4.69) is 15.6 Å². The first-order chi connectivity index (χ1) is 13.0. The Hall–Kier alpha value is -3.26. The maximum absolute atomic E-state index is 12.4. The first-order valence-corrected chi connectivity index (χ1v) is 9.15. The van der Waals surface area contributed by atoms with Gasteiger partial charge in [-0.2, -0.15) is 0 Å². The van der Waals surface area contributed by atoms with Crippen molar-refractivity contribution in [3.8, 4) is 10.6 Å². The summed E-state index contributed by atoms with van der Waals surface area (Å²) < 4.78 is 0. The van der Waals surface area contributed by atoms with Crippen molar-refractivity contribution in [1.29, 1.82) is 0 Å². The van der Waals surface area contributed by atoms with Crippen molar-refractivity contribution in [2.24, 2.45) is 0 Å². The summed E-state index contributed by atoms with van der Waals surface area (Å²) in [6, 6.07) is 15.9. The minimum absolute atomic E-state index is 0.0451. The number of carbonyl (C=O) groups excluding carboxylic acids is 1. The van der Waals surface area contributed by atoms with Gasteiger partial charge in [0.1, 0.15) is 9.88 Å². The summed E-state index contributed by atoms with van der Waals surface area (Å²) in [5, 5.41) is 17.4. The molecule has 0 bridgehead atoms. The second-order valence-corrected chi connectivity index (χ2v) is 6.79. The number of nitro benzene ring substituents is 1. The Morgan fingerprint density at radius 1 is 1.11 bits per heavy atom. The van der Waals surface area contributed by atoms with E-state index in [9.17, 15) is 14.9 Å². The van der Waals surface area contributed by atoms with Crippen molar-refractivity contribution in [3.05, 3.63) is 75.3 Å². The first kappa shape index (κ1) is 18.5. The van der Waals surface area contributed by atoms with Crippen LogP contribution in [0.5, 0.6) is 0 Å². The Bertz CT molecular complexity index is 939. The molecule has 0 saturated carbocycles. The molecule has 0 atom stereocenters. The molecule has 1 heterocycles. The highest BCUT2D eigenvalue weighted by atomic mass is 32.1. The minimum atomic E-state index is -0.439. The average molecular weight is 382 g/mol. The predicted molar refractivity (Wildman–Crippen MR) is 106 cm³/mol. The van der Waals surface area contributed by atoms with Crippen molar-refractivity contribution in [1.82, 2.24) is 10.3 Å². The molecule has 0 fully saturated rings. The number of aryl methyl sites for hydroxylation is 1. The number of anilines is 1. The number of rotatable bonds is 7. The van der Waals surface area contributed by atoms with E-state index in [0.29, 0.717) is 23.7 Å². The lowest BCUT2D eigenvalue weighted by Gasteiger charge is -2.07. The zero-order chi connectivity index (χ0) is 19.2. The maximum Gasteiger partial charge on any atom is 0.269 e. The fraction of sp³-hybridized carbons (Fsp3) is 0.158. The molecule has 2 N–H and O–H groups in total. The number of benzene rings is 2. The second kappa shape index (κ2) is 8.41. The van der Waals surface area contributed by atoms with Crippen molar-refractivity contribution in [2.45, 2.75) is 6.92 Å². The van der Waals surface area contributed by atoms with Gasteiger partial charge in [-0.25, -0.2) is 4.98 Å². The summed E-state index contributed by atoms with van der Waals surface area (Å²) in [5.41, 5.74) is 2.50. The second-order valence-electron chi connectivity index (χ2n) is 5.79. The van der Waals surface area contributed by atoms with E-state index in [0.717, 1.165) is 16.3 Å². The number of aromatic nitrogens is 1. The number of hydrogen-bond donors (Lipinski definition) is 2. The van der Waals surface area contributed by atoms with Crippen LogP contribution in [0.3, 0.4) is 0 Å². The van der Waals surface area contributed by atoms with Gasteiger partial charge in [-0.3, -0.25) is 14.9 Å². The van der Waals surface area contributed by atoms with Crippen LogP contribution in [0.4, 0.5) is 11.4 Å². The standard InChI is InChI=1S/C19H18N4O3S/c1-13-17(27-19(22-13)14-5-3-2-4-6-14)18(24)21-12-11-20-15-7-9-16(10-8-15)23(25)26/h2-10,20H,11-12H2,1H3,(H,21,24). The monoisotopic (exact) mass is 382 g/mol. The van der Waals surface area contributed by atoms with Crippen LogP contribution in [0.15, 0.2) is 54.6 Å². The smallest absolute Gasteiger partial charge is 0.269 e. The van der Waals surface area contributed by atoms with E-state index >= 15 is 0 Å². The summed E-state index contributed by atoms with van der Waals surface area (Å²) in [5.74, 6) is -0.155. The van der Waals surface area contributed by atoms with E-state index in [1.807, 2.05) is 37.3 Å². The summed E-state index contributed by atoms with van der Waals surface area (Å²) in [6.07, 6.45) is 0. The third kappa shape index (κ3) is 4.68. The highest BCUT2D eigenvalue weighted by Crippen LogP contribution is 2.27. The molecule has 0 saturated heterocycles. The lowest BCUT2D eigenvalue weighted by atomic mass is 10.2. The van der Waals surface area contributed by atoms with E-state index < -0.39 is 4.92 Å². The number of hydrogen-bond acceptors (Lipinski definition) is 6. The number of thiazole rings is 1. The highest BCUT2D eigenvalue weighted by Gasteiger charge is 2.15. The molecule has 27 heavy (non-hydrogen) atoms. The van der Waals surface area contributed by atoms with Gasteiger partial charge >= 0.3 is 0 Å². The van der Waals surface area contributed by atoms with Gasteiger partial charge in [0.2, 0.25) is 0 Å². The molecule has 0 aliphatic heterocycles. The van der Waals surface area contributed by atoms with Gasteiger partial charge < -0.3 is 10.6 Å². The zero-order valence-electron chi connectivity index (χ0n) is 14.6. The molecule has 0 spiro atoms. The van der Waals surface area contributed by atoms with Gasteiger partial charge in [0.05, 0.1) is 10.6 Å². The van der Waals surface area contributed by atoms with Crippen molar-refractivity contribution < 1.29 is 9.72 Å². The molecule has 2 aromatic carbocycles. The number of amides is 1. The molecule has 0 unspecified atom stereocenters. The van der Waals surface area contributed by atoms with Crippen LogP contribution in [0.2, 0.25) is 0 Å². The summed E-state index contributed by atoms with van der Waals surface area (Å²) in [4.78, 5) is 27.7. The molecule has 8 heteroatoms. The van der Waals surface area contributed by atoms with Gasteiger partial charge in [0.15, 0.2) is 0 Å². The van der Waals surface area contributed by atoms with Gasteiger partial charge in [-0.05, 0) is 19.1 Å². The SMILES string of the molecule is Cc1nc(-c2ccccc2)sc1C(=O)NCCNc1ccc([N+](=O)[O-])cc1. The van der Waals surface area contributed by atoms with E-state index in [-0.39, 0.29) is 11.6 Å². The normalized spacial score (nSPS) is 10.4. The summed E-state index contributed by atoms with van der Waals surface area (Å²) in [7, 11) is 0. The number of nitro groups is 1.